The van der Waals surface area contributed by atoms with Gasteiger partial charge in [0.15, 0.2) is 0 Å². The summed E-state index contributed by atoms with van der Waals surface area (Å²) in [5.41, 5.74) is 6.34. The first-order chi connectivity index (χ1) is 9.46. The zero-order valence-corrected chi connectivity index (χ0v) is 12.6. The van der Waals surface area contributed by atoms with E-state index in [0.29, 0.717) is 17.3 Å². The Bertz CT molecular complexity index is 682. The molecule has 0 radical (unpaired) electrons. The maximum atomic E-state index is 11.9. The molecule has 0 fully saturated rings. The average Bonchev–Trinajstić information content (AvgIpc) is 2.74. The van der Waals surface area contributed by atoms with Gasteiger partial charge in [-0.2, -0.15) is 5.10 Å². The molecular formula is C12H16N4O2S2. The van der Waals surface area contributed by atoms with Gasteiger partial charge in [0.05, 0.1) is 11.9 Å². The predicted molar refractivity (Wildman–Crippen MR) is 82.2 cm³/mol. The molecule has 0 amide bonds. The van der Waals surface area contributed by atoms with Crippen molar-refractivity contribution >= 4 is 33.3 Å². The van der Waals surface area contributed by atoms with Crippen LogP contribution >= 0.6 is 11.8 Å². The minimum atomic E-state index is -3.37. The summed E-state index contributed by atoms with van der Waals surface area (Å²) in [5, 5.41) is 3.91. The van der Waals surface area contributed by atoms with Gasteiger partial charge in [0.1, 0.15) is 5.82 Å². The molecule has 1 aromatic carbocycles. The number of nitrogens with one attached hydrogen (secondary N) is 1. The number of hydrogen-bond acceptors (Lipinski definition) is 5. The third kappa shape index (κ3) is 4.17. The molecule has 2 aromatic rings. The number of benzene rings is 1. The molecule has 6 nitrogen and oxygen atoms in total. The fraction of sp³-hybridized carbons (Fsp3) is 0.250. The molecule has 0 unspecified atom stereocenters. The lowest BCUT2D eigenvalue weighted by molar-refractivity contribution is 0.601. The van der Waals surface area contributed by atoms with Gasteiger partial charge in [0.25, 0.3) is 0 Å². The normalized spacial score (nSPS) is 11.4. The Morgan fingerprint density at radius 1 is 1.40 bits per heavy atom. The van der Waals surface area contributed by atoms with Crippen LogP contribution in [0.2, 0.25) is 0 Å². The molecule has 1 heterocycles. The van der Waals surface area contributed by atoms with E-state index in [2.05, 4.69) is 9.82 Å². The zero-order valence-electron chi connectivity index (χ0n) is 11.0. The predicted octanol–water partition coefficient (Wildman–Crippen LogP) is 1.54. The Kier molecular flexibility index (Phi) is 4.56. The lowest BCUT2D eigenvalue weighted by Crippen LogP contribution is -2.19. The quantitative estimate of drug-likeness (QED) is 0.624. The fourth-order valence-corrected chi connectivity index (χ4v) is 4.02. The molecule has 0 aliphatic carbocycles. The third-order valence-corrected chi connectivity index (χ3v) is 5.08. The number of sulfonamides is 1. The summed E-state index contributed by atoms with van der Waals surface area (Å²) in [6.07, 6.45) is 1.54. The highest BCUT2D eigenvalue weighted by atomic mass is 32.2. The molecule has 0 bridgehead atoms. The lowest BCUT2D eigenvalue weighted by Gasteiger charge is -2.08. The number of thioether (sulfide) groups is 1. The van der Waals surface area contributed by atoms with Crippen LogP contribution in [-0.2, 0) is 17.1 Å². The van der Waals surface area contributed by atoms with Gasteiger partial charge in [-0.05, 0) is 18.2 Å². The number of anilines is 2. The van der Waals surface area contributed by atoms with E-state index in [4.69, 9.17) is 5.73 Å². The average molecular weight is 312 g/mol. The highest BCUT2D eigenvalue weighted by molar-refractivity contribution is 8.01. The lowest BCUT2D eigenvalue weighted by atomic mass is 10.3. The fourth-order valence-electron chi connectivity index (χ4n) is 1.56. The standard InChI is InChI=1S/C12H16N4O2S2/c1-16-12(5-6-14-16)15-20(17,18)8-7-19-11-4-2-3-10(13)9-11/h2-6,9,15H,7-8,13H2,1H3. The van der Waals surface area contributed by atoms with E-state index in [-0.39, 0.29) is 5.75 Å². The molecule has 0 saturated heterocycles. The van der Waals surface area contributed by atoms with Crippen molar-refractivity contribution in [2.24, 2.45) is 7.05 Å². The highest BCUT2D eigenvalue weighted by Gasteiger charge is 2.12. The van der Waals surface area contributed by atoms with E-state index < -0.39 is 10.0 Å². The van der Waals surface area contributed by atoms with Gasteiger partial charge in [-0.25, -0.2) is 8.42 Å². The monoisotopic (exact) mass is 312 g/mol. The Labute approximate surface area is 122 Å². The maximum Gasteiger partial charge on any atom is 0.234 e. The van der Waals surface area contributed by atoms with Crippen LogP contribution in [0.3, 0.4) is 0 Å². The van der Waals surface area contributed by atoms with Gasteiger partial charge in [0.2, 0.25) is 10.0 Å². The topological polar surface area (TPSA) is 90.0 Å². The SMILES string of the molecule is Cn1nccc1NS(=O)(=O)CCSc1cccc(N)c1. The Morgan fingerprint density at radius 3 is 2.85 bits per heavy atom. The van der Waals surface area contributed by atoms with E-state index in [1.54, 1.807) is 25.4 Å². The number of nitrogens with two attached hydrogens (primary N) is 1. The van der Waals surface area contributed by atoms with Gasteiger partial charge in [0, 0.05) is 29.4 Å². The molecule has 0 saturated carbocycles. The van der Waals surface area contributed by atoms with E-state index in [1.807, 2.05) is 18.2 Å². The summed E-state index contributed by atoms with van der Waals surface area (Å²) in [6, 6.07) is 8.99. The van der Waals surface area contributed by atoms with Crippen molar-refractivity contribution in [2.75, 3.05) is 22.0 Å². The van der Waals surface area contributed by atoms with Crippen molar-refractivity contribution in [1.82, 2.24) is 9.78 Å². The number of nitrogen functional groups attached to an aromatic ring is 1. The molecule has 8 heteroatoms. The van der Waals surface area contributed by atoms with Gasteiger partial charge in [-0.15, -0.1) is 11.8 Å². The van der Waals surface area contributed by atoms with Crippen LogP contribution in [-0.4, -0.2) is 29.7 Å². The Morgan fingerprint density at radius 2 is 2.20 bits per heavy atom. The molecule has 108 valence electrons. The molecule has 2 rings (SSSR count). The number of nitrogens with zero attached hydrogens (tertiary/aromatic N) is 2. The minimum Gasteiger partial charge on any atom is -0.399 e. The number of aromatic nitrogens is 2. The molecular weight excluding hydrogens is 296 g/mol. The second-order valence-electron chi connectivity index (χ2n) is 4.18. The van der Waals surface area contributed by atoms with Gasteiger partial charge < -0.3 is 5.73 Å². The van der Waals surface area contributed by atoms with Crippen LogP contribution in [0.15, 0.2) is 41.4 Å². The number of aryl methyl sites for hydroxylation is 1. The summed E-state index contributed by atoms with van der Waals surface area (Å²) < 4.78 is 27.8. The van der Waals surface area contributed by atoms with Crippen LogP contribution in [0.1, 0.15) is 0 Å². The molecule has 0 spiro atoms. The van der Waals surface area contributed by atoms with Crippen molar-refractivity contribution in [3.8, 4) is 0 Å². The number of hydrogen-bond donors (Lipinski definition) is 2. The van der Waals surface area contributed by atoms with E-state index >= 15 is 0 Å². The molecule has 0 aliphatic rings. The molecule has 0 atom stereocenters. The molecule has 0 aliphatic heterocycles. The molecule has 1 aromatic heterocycles. The van der Waals surface area contributed by atoms with E-state index in [0.717, 1.165) is 4.90 Å². The summed E-state index contributed by atoms with van der Waals surface area (Å²) in [4.78, 5) is 0.959. The summed E-state index contributed by atoms with van der Waals surface area (Å²) in [5.74, 6) is 0.938. The van der Waals surface area contributed by atoms with Crippen molar-refractivity contribution in [1.29, 1.82) is 0 Å². The van der Waals surface area contributed by atoms with Crippen molar-refractivity contribution in [3.63, 3.8) is 0 Å². The van der Waals surface area contributed by atoms with E-state index in [9.17, 15) is 8.42 Å². The van der Waals surface area contributed by atoms with Gasteiger partial charge >= 0.3 is 0 Å². The highest BCUT2D eigenvalue weighted by Crippen LogP contribution is 2.20. The Hall–Kier alpha value is -1.67. The van der Waals surface area contributed by atoms with Crippen LogP contribution in [0.4, 0.5) is 11.5 Å². The first kappa shape index (κ1) is 14.7. The summed E-state index contributed by atoms with van der Waals surface area (Å²) >= 11 is 1.46. The largest absolute Gasteiger partial charge is 0.399 e. The minimum absolute atomic E-state index is 0.0254. The maximum absolute atomic E-state index is 11.9. The van der Waals surface area contributed by atoms with E-state index in [1.165, 1.54) is 16.4 Å². The Balaban J connectivity index is 1.88. The van der Waals surface area contributed by atoms with Crippen molar-refractivity contribution in [2.45, 2.75) is 4.90 Å². The zero-order chi connectivity index (χ0) is 14.6. The second-order valence-corrected chi connectivity index (χ2v) is 7.19. The summed E-state index contributed by atoms with van der Waals surface area (Å²) in [7, 11) is -1.69. The van der Waals surface area contributed by atoms with Crippen LogP contribution in [0.25, 0.3) is 0 Å². The molecule has 3 N–H and O–H groups in total. The smallest absolute Gasteiger partial charge is 0.234 e. The van der Waals surface area contributed by atoms with Crippen molar-refractivity contribution in [3.05, 3.63) is 36.5 Å². The first-order valence-electron chi connectivity index (χ1n) is 5.93. The van der Waals surface area contributed by atoms with Crippen LogP contribution in [0.5, 0.6) is 0 Å². The second kappa shape index (κ2) is 6.19. The van der Waals surface area contributed by atoms with Crippen LogP contribution < -0.4 is 10.5 Å². The van der Waals surface area contributed by atoms with Crippen LogP contribution in [0, 0.1) is 0 Å². The van der Waals surface area contributed by atoms with Crippen molar-refractivity contribution < 1.29 is 8.42 Å². The van der Waals surface area contributed by atoms with Gasteiger partial charge in [-0.3, -0.25) is 9.40 Å². The molecule has 20 heavy (non-hydrogen) atoms. The first-order valence-corrected chi connectivity index (χ1v) is 8.57. The summed E-state index contributed by atoms with van der Waals surface area (Å²) in [6.45, 7) is 0. The third-order valence-electron chi connectivity index (χ3n) is 2.56. The number of rotatable bonds is 6. The van der Waals surface area contributed by atoms with Gasteiger partial charge in [-0.1, -0.05) is 6.07 Å².